The Balaban J connectivity index is 1.33. The highest BCUT2D eigenvalue weighted by atomic mass is 28.3. The Kier molecular flexibility index (Phi) is 5.28. The summed E-state index contributed by atoms with van der Waals surface area (Å²) in [5, 5.41) is 6.14. The summed E-state index contributed by atoms with van der Waals surface area (Å²) in [5.74, 6) is 1.65. The third-order valence-electron chi connectivity index (χ3n) is 9.15. The van der Waals surface area contributed by atoms with E-state index in [9.17, 15) is 0 Å². The van der Waals surface area contributed by atoms with Crippen LogP contribution in [0.15, 0.2) is 134 Å². The van der Waals surface area contributed by atoms with E-state index in [1.54, 1.807) is 6.33 Å². The lowest BCUT2D eigenvalue weighted by atomic mass is 10.0. The molecular weight excluding hydrogens is 557 g/mol. The molecule has 9 rings (SSSR count). The van der Waals surface area contributed by atoms with Crippen LogP contribution in [-0.2, 0) is 0 Å². The van der Waals surface area contributed by atoms with Crippen molar-refractivity contribution in [1.82, 2.24) is 9.97 Å². The molecule has 44 heavy (non-hydrogen) atoms. The Morgan fingerprint density at radius 2 is 1.14 bits per heavy atom. The van der Waals surface area contributed by atoms with Crippen LogP contribution < -0.4 is 24.9 Å². The van der Waals surface area contributed by atoms with Crippen LogP contribution in [0, 0.1) is 0 Å². The Labute approximate surface area is 256 Å². The van der Waals surface area contributed by atoms with Gasteiger partial charge in [-0.2, -0.15) is 0 Å². The quantitative estimate of drug-likeness (QED) is 0.150. The van der Waals surface area contributed by atoms with Crippen LogP contribution in [-0.4, -0.2) is 18.0 Å². The molecular formula is C38H28N4OSi. The van der Waals surface area contributed by atoms with E-state index in [2.05, 4.69) is 125 Å². The van der Waals surface area contributed by atoms with E-state index >= 15 is 0 Å². The Morgan fingerprint density at radius 1 is 0.545 bits per heavy atom. The fourth-order valence-corrected chi connectivity index (χ4v) is 10.1. The van der Waals surface area contributed by atoms with Gasteiger partial charge in [0.2, 0.25) is 0 Å². The van der Waals surface area contributed by atoms with Gasteiger partial charge in [0.15, 0.2) is 11.5 Å². The van der Waals surface area contributed by atoms with Crippen LogP contribution in [0.3, 0.4) is 0 Å². The van der Waals surface area contributed by atoms with E-state index in [-0.39, 0.29) is 0 Å². The van der Waals surface area contributed by atoms with Crippen LogP contribution in [0.2, 0.25) is 13.1 Å². The molecule has 2 aliphatic rings. The van der Waals surface area contributed by atoms with Gasteiger partial charge in [-0.1, -0.05) is 79.8 Å². The van der Waals surface area contributed by atoms with Gasteiger partial charge in [0.05, 0.1) is 22.6 Å². The van der Waals surface area contributed by atoms with Crippen LogP contribution in [0.5, 0.6) is 11.5 Å². The second kappa shape index (κ2) is 9.27. The summed E-state index contributed by atoms with van der Waals surface area (Å²) >= 11 is 0. The monoisotopic (exact) mass is 584 g/mol. The number of nitrogens with zero attached hydrogens (tertiary/aromatic N) is 4. The fraction of sp³-hybridized carbons (Fsp3) is 0.0526. The molecule has 210 valence electrons. The maximum absolute atomic E-state index is 6.34. The number of anilines is 6. The molecule has 0 saturated carbocycles. The number of hydrogen-bond acceptors (Lipinski definition) is 5. The van der Waals surface area contributed by atoms with Crippen molar-refractivity contribution in [2.75, 3.05) is 9.80 Å². The summed E-state index contributed by atoms with van der Waals surface area (Å²) in [6, 6.07) is 43.3. The molecule has 6 heteroatoms. The number of benzene rings is 6. The number of fused-ring (bicyclic) bond motifs is 7. The first-order valence-electron chi connectivity index (χ1n) is 14.9. The van der Waals surface area contributed by atoms with Crippen molar-refractivity contribution in [3.05, 3.63) is 134 Å². The molecule has 1 aromatic heterocycles. The lowest BCUT2D eigenvalue weighted by Gasteiger charge is -2.41. The number of aromatic nitrogens is 2. The maximum Gasteiger partial charge on any atom is 0.151 e. The molecule has 7 aromatic rings. The van der Waals surface area contributed by atoms with Crippen molar-refractivity contribution in [1.29, 1.82) is 0 Å². The summed E-state index contributed by atoms with van der Waals surface area (Å²) < 4.78 is 6.34. The first-order valence-corrected chi connectivity index (χ1v) is 17.9. The lowest BCUT2D eigenvalue weighted by molar-refractivity contribution is 0.477. The Hall–Kier alpha value is -5.46. The van der Waals surface area contributed by atoms with Crippen LogP contribution in [0.4, 0.5) is 34.1 Å². The van der Waals surface area contributed by atoms with Crippen molar-refractivity contribution in [3.63, 3.8) is 0 Å². The molecule has 3 heterocycles. The van der Waals surface area contributed by atoms with Gasteiger partial charge in [-0.05, 0) is 70.4 Å². The first kappa shape index (κ1) is 25.1. The normalized spacial score (nSPS) is 14.4. The van der Waals surface area contributed by atoms with Crippen molar-refractivity contribution in [3.8, 4) is 11.5 Å². The summed E-state index contributed by atoms with van der Waals surface area (Å²) in [6.07, 6.45) is 3.57. The summed E-state index contributed by atoms with van der Waals surface area (Å²) in [7, 11) is -1.88. The van der Waals surface area contributed by atoms with Gasteiger partial charge in [-0.15, -0.1) is 0 Å². The van der Waals surface area contributed by atoms with Gasteiger partial charge >= 0.3 is 0 Å². The highest BCUT2D eigenvalue weighted by Gasteiger charge is 2.38. The highest BCUT2D eigenvalue weighted by molar-refractivity contribution is 7.02. The predicted octanol–water partition coefficient (Wildman–Crippen LogP) is 8.96. The fourth-order valence-electron chi connectivity index (χ4n) is 7.08. The minimum atomic E-state index is -1.88. The van der Waals surface area contributed by atoms with E-state index in [4.69, 9.17) is 9.72 Å². The molecule has 0 unspecified atom stereocenters. The van der Waals surface area contributed by atoms with E-state index in [1.165, 1.54) is 21.7 Å². The molecule has 6 aromatic carbocycles. The predicted molar refractivity (Wildman–Crippen MR) is 183 cm³/mol. The molecule has 0 bridgehead atoms. The molecule has 0 atom stereocenters. The SMILES string of the molecule is C[Si]1(C)c2ccccc2N(c2ccc3c(N4c5ccccc5Oc5ccccc54)cc4ncncc4c3c2)c2ccccc21. The molecule has 0 radical (unpaired) electrons. The van der Waals surface area contributed by atoms with Crippen molar-refractivity contribution in [2.24, 2.45) is 0 Å². The van der Waals surface area contributed by atoms with E-state index in [0.29, 0.717) is 0 Å². The lowest BCUT2D eigenvalue weighted by Crippen LogP contribution is -2.58. The van der Waals surface area contributed by atoms with Crippen LogP contribution >= 0.6 is 0 Å². The minimum absolute atomic E-state index is 0.826. The average Bonchev–Trinajstić information content (AvgIpc) is 3.07. The maximum atomic E-state index is 6.34. The van der Waals surface area contributed by atoms with E-state index in [1.807, 2.05) is 30.5 Å². The van der Waals surface area contributed by atoms with Gasteiger partial charge < -0.3 is 14.5 Å². The molecule has 0 aliphatic carbocycles. The Morgan fingerprint density at radius 3 is 1.80 bits per heavy atom. The molecule has 0 N–H and O–H groups in total. The van der Waals surface area contributed by atoms with Gasteiger partial charge in [-0.25, -0.2) is 9.97 Å². The second-order valence-corrected chi connectivity index (χ2v) is 16.3. The molecule has 0 saturated heterocycles. The second-order valence-electron chi connectivity index (χ2n) is 11.9. The minimum Gasteiger partial charge on any atom is -0.453 e. The van der Waals surface area contributed by atoms with Gasteiger partial charge in [0, 0.05) is 34.0 Å². The zero-order valence-corrected chi connectivity index (χ0v) is 25.4. The molecule has 0 amide bonds. The molecule has 5 nitrogen and oxygen atoms in total. The molecule has 2 aliphatic heterocycles. The summed E-state index contributed by atoms with van der Waals surface area (Å²) in [5.41, 5.74) is 7.58. The van der Waals surface area contributed by atoms with Gasteiger partial charge in [0.25, 0.3) is 0 Å². The van der Waals surface area contributed by atoms with Crippen LogP contribution in [0.1, 0.15) is 0 Å². The number of hydrogen-bond donors (Lipinski definition) is 0. The topological polar surface area (TPSA) is 41.5 Å². The van der Waals surface area contributed by atoms with Gasteiger partial charge in [-0.3, -0.25) is 0 Å². The van der Waals surface area contributed by atoms with Crippen LogP contribution in [0.25, 0.3) is 21.7 Å². The van der Waals surface area contributed by atoms with Crippen molar-refractivity contribution in [2.45, 2.75) is 13.1 Å². The third-order valence-corrected chi connectivity index (χ3v) is 12.7. The number of rotatable bonds is 2. The van der Waals surface area contributed by atoms with Crippen molar-refractivity contribution >= 4 is 74.2 Å². The number of ether oxygens (including phenoxy) is 1. The van der Waals surface area contributed by atoms with E-state index < -0.39 is 8.07 Å². The van der Waals surface area contributed by atoms with Gasteiger partial charge in [0.1, 0.15) is 14.4 Å². The van der Waals surface area contributed by atoms with E-state index in [0.717, 1.165) is 55.9 Å². The standard InChI is InChI=1S/C38H28N4OSi/c1-44(2)37-17-9-5-13-32(37)41(33-14-6-10-18-38(33)44)25-19-20-26-27(21-25)28-23-39-24-40-29(28)22-34(26)42-30-11-3-7-15-35(30)43-36-16-8-4-12-31(36)42/h3-24H,1-2H3. The average molecular weight is 585 g/mol. The molecule has 0 spiro atoms. The summed E-state index contributed by atoms with van der Waals surface area (Å²) in [6.45, 7) is 4.91. The zero-order chi connectivity index (χ0) is 29.4. The van der Waals surface area contributed by atoms with Crippen molar-refractivity contribution < 1.29 is 4.74 Å². The first-order chi connectivity index (χ1) is 21.6. The third kappa shape index (κ3) is 3.52. The molecule has 0 fully saturated rings. The Bertz CT molecular complexity index is 2190. The smallest absolute Gasteiger partial charge is 0.151 e. The number of para-hydroxylation sites is 6. The zero-order valence-electron chi connectivity index (χ0n) is 24.4. The summed E-state index contributed by atoms with van der Waals surface area (Å²) in [4.78, 5) is 13.9. The largest absolute Gasteiger partial charge is 0.453 e. The highest BCUT2D eigenvalue weighted by Crippen LogP contribution is 2.52.